The van der Waals surface area contributed by atoms with E-state index in [0.29, 0.717) is 18.1 Å². The molecular formula is C15H22ClN3O2. The van der Waals surface area contributed by atoms with Gasteiger partial charge in [0.25, 0.3) is 0 Å². The standard InChI is InChI=1S/C15H22ClN3O2/c1-3-19(4-2)10-9-17-14(20)15(21)18-11-12-5-7-13(16)8-6-12/h5-8H,3-4,9-11H2,1-2H3,(H,17,20)(H,18,21). The minimum Gasteiger partial charge on any atom is -0.347 e. The van der Waals surface area contributed by atoms with Gasteiger partial charge in [-0.05, 0) is 30.8 Å². The third-order valence-corrected chi connectivity index (χ3v) is 3.43. The molecule has 1 rings (SSSR count). The number of carbonyl (C=O) groups excluding carboxylic acids is 2. The summed E-state index contributed by atoms with van der Waals surface area (Å²) in [5, 5.41) is 5.83. The molecule has 0 heterocycles. The number of carbonyl (C=O) groups is 2. The van der Waals surface area contributed by atoms with Crippen molar-refractivity contribution in [3.63, 3.8) is 0 Å². The Kier molecular flexibility index (Phi) is 7.79. The van der Waals surface area contributed by atoms with Gasteiger partial charge < -0.3 is 15.5 Å². The van der Waals surface area contributed by atoms with E-state index in [1.165, 1.54) is 0 Å². The number of halogens is 1. The molecule has 0 unspecified atom stereocenters. The van der Waals surface area contributed by atoms with Crippen molar-refractivity contribution in [2.24, 2.45) is 0 Å². The fraction of sp³-hybridized carbons (Fsp3) is 0.467. The molecule has 0 aromatic heterocycles. The van der Waals surface area contributed by atoms with Crippen LogP contribution in [-0.4, -0.2) is 42.9 Å². The highest BCUT2D eigenvalue weighted by atomic mass is 35.5. The van der Waals surface area contributed by atoms with Gasteiger partial charge >= 0.3 is 11.8 Å². The van der Waals surface area contributed by atoms with Crippen LogP contribution >= 0.6 is 11.6 Å². The van der Waals surface area contributed by atoms with Crippen molar-refractivity contribution >= 4 is 23.4 Å². The molecule has 2 amide bonds. The zero-order valence-electron chi connectivity index (χ0n) is 12.5. The van der Waals surface area contributed by atoms with E-state index >= 15 is 0 Å². The SMILES string of the molecule is CCN(CC)CCNC(=O)C(=O)NCc1ccc(Cl)cc1. The third kappa shape index (κ3) is 6.60. The lowest BCUT2D eigenvalue weighted by atomic mass is 10.2. The topological polar surface area (TPSA) is 61.4 Å². The molecule has 6 heteroatoms. The second-order valence-electron chi connectivity index (χ2n) is 4.59. The molecular weight excluding hydrogens is 290 g/mol. The fourth-order valence-corrected chi connectivity index (χ4v) is 1.94. The van der Waals surface area contributed by atoms with Gasteiger partial charge in [-0.1, -0.05) is 37.6 Å². The van der Waals surface area contributed by atoms with Crippen LogP contribution in [0.5, 0.6) is 0 Å². The molecule has 0 atom stereocenters. The van der Waals surface area contributed by atoms with Crippen LogP contribution in [0.1, 0.15) is 19.4 Å². The van der Waals surface area contributed by atoms with Gasteiger partial charge in [0.05, 0.1) is 0 Å². The van der Waals surface area contributed by atoms with Crippen molar-refractivity contribution in [1.29, 1.82) is 0 Å². The summed E-state index contributed by atoms with van der Waals surface area (Å²) in [6, 6.07) is 7.10. The Labute approximate surface area is 130 Å². The van der Waals surface area contributed by atoms with Gasteiger partial charge in [0, 0.05) is 24.7 Å². The normalized spacial score (nSPS) is 10.5. The predicted octanol–water partition coefficient (Wildman–Crippen LogP) is 1.41. The quantitative estimate of drug-likeness (QED) is 0.749. The van der Waals surface area contributed by atoms with Crippen LogP contribution in [0.4, 0.5) is 0 Å². The van der Waals surface area contributed by atoms with Crippen molar-refractivity contribution < 1.29 is 9.59 Å². The summed E-state index contributed by atoms with van der Waals surface area (Å²) in [7, 11) is 0. The summed E-state index contributed by atoms with van der Waals surface area (Å²) in [6.07, 6.45) is 0. The summed E-state index contributed by atoms with van der Waals surface area (Å²) in [5.41, 5.74) is 0.892. The van der Waals surface area contributed by atoms with E-state index in [1.54, 1.807) is 24.3 Å². The van der Waals surface area contributed by atoms with Gasteiger partial charge in [-0.25, -0.2) is 0 Å². The lowest BCUT2D eigenvalue weighted by Crippen LogP contribution is -2.42. The van der Waals surface area contributed by atoms with Crippen LogP contribution in [0.25, 0.3) is 0 Å². The van der Waals surface area contributed by atoms with Crippen LogP contribution in [0.2, 0.25) is 5.02 Å². The molecule has 0 saturated carbocycles. The van der Waals surface area contributed by atoms with Gasteiger partial charge in [-0.3, -0.25) is 9.59 Å². The van der Waals surface area contributed by atoms with Gasteiger partial charge in [0.2, 0.25) is 0 Å². The highest BCUT2D eigenvalue weighted by Gasteiger charge is 2.12. The highest BCUT2D eigenvalue weighted by Crippen LogP contribution is 2.08. The Morgan fingerprint density at radius 2 is 1.62 bits per heavy atom. The van der Waals surface area contributed by atoms with Gasteiger partial charge in [-0.2, -0.15) is 0 Å². The molecule has 116 valence electrons. The van der Waals surface area contributed by atoms with Crippen molar-refractivity contribution in [1.82, 2.24) is 15.5 Å². The average Bonchev–Trinajstić information content (AvgIpc) is 2.50. The van der Waals surface area contributed by atoms with E-state index in [1.807, 2.05) is 0 Å². The molecule has 1 aromatic carbocycles. The number of amides is 2. The van der Waals surface area contributed by atoms with Crippen LogP contribution in [-0.2, 0) is 16.1 Å². The Morgan fingerprint density at radius 3 is 2.19 bits per heavy atom. The monoisotopic (exact) mass is 311 g/mol. The molecule has 0 aliphatic carbocycles. The van der Waals surface area contributed by atoms with Crippen molar-refractivity contribution in [3.8, 4) is 0 Å². The number of nitrogens with one attached hydrogen (secondary N) is 2. The predicted molar refractivity (Wildman–Crippen MR) is 84.1 cm³/mol. The summed E-state index contributed by atoms with van der Waals surface area (Å²) < 4.78 is 0. The molecule has 0 saturated heterocycles. The fourth-order valence-electron chi connectivity index (χ4n) is 1.81. The molecule has 5 nitrogen and oxygen atoms in total. The number of rotatable bonds is 7. The van der Waals surface area contributed by atoms with Gasteiger partial charge in [-0.15, -0.1) is 0 Å². The molecule has 0 fully saturated rings. The minimum atomic E-state index is -0.621. The van der Waals surface area contributed by atoms with Gasteiger partial charge in [0.1, 0.15) is 0 Å². The number of likely N-dealkylation sites (N-methyl/N-ethyl adjacent to an activating group) is 1. The van der Waals surface area contributed by atoms with E-state index in [4.69, 9.17) is 11.6 Å². The minimum absolute atomic E-state index is 0.305. The largest absolute Gasteiger partial charge is 0.347 e. The highest BCUT2D eigenvalue weighted by molar-refractivity contribution is 6.35. The van der Waals surface area contributed by atoms with Crippen LogP contribution in [0.15, 0.2) is 24.3 Å². The van der Waals surface area contributed by atoms with E-state index in [0.717, 1.165) is 25.2 Å². The molecule has 21 heavy (non-hydrogen) atoms. The Hall–Kier alpha value is -1.59. The molecule has 0 spiro atoms. The van der Waals surface area contributed by atoms with E-state index < -0.39 is 11.8 Å². The first kappa shape index (κ1) is 17.5. The Bertz CT molecular complexity index is 458. The van der Waals surface area contributed by atoms with Crippen molar-refractivity contribution in [2.45, 2.75) is 20.4 Å². The lowest BCUT2D eigenvalue weighted by molar-refractivity contribution is -0.139. The van der Waals surface area contributed by atoms with Crippen LogP contribution in [0.3, 0.4) is 0 Å². The van der Waals surface area contributed by atoms with Gasteiger partial charge in [0.15, 0.2) is 0 Å². The first-order chi connectivity index (χ1) is 10.1. The maximum atomic E-state index is 11.6. The Balaban J connectivity index is 2.28. The first-order valence-electron chi connectivity index (χ1n) is 7.09. The zero-order valence-corrected chi connectivity index (χ0v) is 13.2. The first-order valence-corrected chi connectivity index (χ1v) is 7.47. The maximum Gasteiger partial charge on any atom is 0.309 e. The van der Waals surface area contributed by atoms with Crippen molar-refractivity contribution in [3.05, 3.63) is 34.9 Å². The van der Waals surface area contributed by atoms with Crippen LogP contribution in [0, 0.1) is 0 Å². The summed E-state index contributed by atoms with van der Waals surface area (Å²) >= 11 is 5.78. The summed E-state index contributed by atoms with van der Waals surface area (Å²) in [4.78, 5) is 25.4. The molecule has 0 bridgehead atoms. The summed E-state index contributed by atoms with van der Waals surface area (Å²) in [6.45, 7) is 7.48. The average molecular weight is 312 g/mol. The number of nitrogens with zero attached hydrogens (tertiary/aromatic N) is 1. The van der Waals surface area contributed by atoms with E-state index in [-0.39, 0.29) is 0 Å². The number of benzene rings is 1. The summed E-state index contributed by atoms with van der Waals surface area (Å²) in [5.74, 6) is -1.22. The number of hydrogen-bond donors (Lipinski definition) is 2. The third-order valence-electron chi connectivity index (χ3n) is 3.18. The maximum absolute atomic E-state index is 11.6. The van der Waals surface area contributed by atoms with Crippen molar-refractivity contribution in [2.75, 3.05) is 26.2 Å². The molecule has 2 N–H and O–H groups in total. The molecule has 1 aromatic rings. The van der Waals surface area contributed by atoms with Crippen LogP contribution < -0.4 is 10.6 Å². The number of hydrogen-bond acceptors (Lipinski definition) is 3. The molecule has 0 aliphatic rings. The lowest BCUT2D eigenvalue weighted by Gasteiger charge is -2.17. The van der Waals surface area contributed by atoms with E-state index in [9.17, 15) is 9.59 Å². The molecule has 0 radical (unpaired) electrons. The zero-order chi connectivity index (χ0) is 15.7. The second-order valence-corrected chi connectivity index (χ2v) is 5.03. The smallest absolute Gasteiger partial charge is 0.309 e. The Morgan fingerprint density at radius 1 is 1.05 bits per heavy atom. The molecule has 0 aliphatic heterocycles. The van der Waals surface area contributed by atoms with E-state index in [2.05, 4.69) is 29.4 Å². The second kappa shape index (κ2) is 9.37.